The molecule has 0 heterocycles. The van der Waals surface area contributed by atoms with Gasteiger partial charge in [-0.2, -0.15) is 0 Å². The SMILES string of the molecule is CCCCOc1ccc(C[C@H](NC(=O)[C@@H](N)C(C)C)C(=O)O)cc1. The van der Waals surface area contributed by atoms with Crippen LogP contribution in [0.2, 0.25) is 0 Å². The molecule has 0 aliphatic carbocycles. The standard InChI is InChI=1S/C18H28N2O4/c1-4-5-10-24-14-8-6-13(7-9-14)11-15(18(22)23)20-17(21)16(19)12(2)3/h6-9,12,15-16H,4-5,10-11,19H2,1-3H3,(H,20,21)(H,22,23)/t15-,16-/m0/s1. The minimum atomic E-state index is -1.08. The molecule has 0 radical (unpaired) electrons. The third-order valence-corrected chi connectivity index (χ3v) is 3.77. The van der Waals surface area contributed by atoms with E-state index in [1.807, 2.05) is 38.1 Å². The fourth-order valence-electron chi connectivity index (χ4n) is 2.06. The quantitative estimate of drug-likeness (QED) is 0.567. The summed E-state index contributed by atoms with van der Waals surface area (Å²) in [4.78, 5) is 23.4. The predicted octanol–water partition coefficient (Wildman–Crippen LogP) is 1.96. The molecule has 0 saturated carbocycles. The Bertz CT molecular complexity index is 528. The van der Waals surface area contributed by atoms with E-state index in [1.54, 1.807) is 0 Å². The van der Waals surface area contributed by atoms with Crippen molar-refractivity contribution in [1.82, 2.24) is 5.32 Å². The molecular formula is C18H28N2O4. The summed E-state index contributed by atoms with van der Waals surface area (Å²) >= 11 is 0. The summed E-state index contributed by atoms with van der Waals surface area (Å²) in [7, 11) is 0. The van der Waals surface area contributed by atoms with Crippen LogP contribution in [0, 0.1) is 5.92 Å². The number of unbranched alkanes of at least 4 members (excludes halogenated alkanes) is 1. The molecule has 0 saturated heterocycles. The van der Waals surface area contributed by atoms with Crippen LogP contribution in [0.25, 0.3) is 0 Å². The Balaban J connectivity index is 2.65. The highest BCUT2D eigenvalue weighted by Crippen LogP contribution is 2.14. The number of hydrogen-bond acceptors (Lipinski definition) is 4. The van der Waals surface area contributed by atoms with Gasteiger partial charge in [0.1, 0.15) is 11.8 Å². The largest absolute Gasteiger partial charge is 0.494 e. The van der Waals surface area contributed by atoms with Gasteiger partial charge in [-0.05, 0) is 30.0 Å². The van der Waals surface area contributed by atoms with Crippen molar-refractivity contribution in [3.05, 3.63) is 29.8 Å². The normalized spacial score (nSPS) is 13.4. The van der Waals surface area contributed by atoms with Crippen molar-refractivity contribution in [3.63, 3.8) is 0 Å². The summed E-state index contributed by atoms with van der Waals surface area (Å²) in [6, 6.07) is 5.52. The maximum atomic E-state index is 12.0. The first kappa shape index (κ1) is 20.0. The number of rotatable bonds is 10. The molecule has 2 atom stereocenters. The van der Waals surface area contributed by atoms with Crippen molar-refractivity contribution < 1.29 is 19.4 Å². The maximum Gasteiger partial charge on any atom is 0.326 e. The van der Waals surface area contributed by atoms with E-state index in [9.17, 15) is 14.7 Å². The van der Waals surface area contributed by atoms with E-state index in [4.69, 9.17) is 10.5 Å². The number of nitrogens with one attached hydrogen (secondary N) is 1. The molecule has 6 heteroatoms. The van der Waals surface area contributed by atoms with Crippen LogP contribution in [-0.2, 0) is 16.0 Å². The van der Waals surface area contributed by atoms with Gasteiger partial charge in [0.25, 0.3) is 0 Å². The number of carbonyl (C=O) groups excluding carboxylic acids is 1. The van der Waals surface area contributed by atoms with Crippen molar-refractivity contribution >= 4 is 11.9 Å². The lowest BCUT2D eigenvalue weighted by Crippen LogP contribution is -2.51. The van der Waals surface area contributed by atoms with E-state index in [0.717, 1.165) is 24.2 Å². The fourth-order valence-corrected chi connectivity index (χ4v) is 2.06. The lowest BCUT2D eigenvalue weighted by atomic mass is 10.0. The lowest BCUT2D eigenvalue weighted by molar-refractivity contribution is -0.142. The molecule has 4 N–H and O–H groups in total. The number of ether oxygens (including phenoxy) is 1. The van der Waals surface area contributed by atoms with Crippen LogP contribution in [0.4, 0.5) is 0 Å². The first-order chi connectivity index (χ1) is 11.3. The van der Waals surface area contributed by atoms with Gasteiger partial charge in [-0.1, -0.05) is 39.3 Å². The van der Waals surface area contributed by atoms with Gasteiger partial charge >= 0.3 is 5.97 Å². The first-order valence-corrected chi connectivity index (χ1v) is 8.35. The average molecular weight is 336 g/mol. The van der Waals surface area contributed by atoms with Crippen LogP contribution in [-0.4, -0.2) is 35.7 Å². The minimum absolute atomic E-state index is 0.0565. The highest BCUT2D eigenvalue weighted by Gasteiger charge is 2.25. The van der Waals surface area contributed by atoms with Crippen LogP contribution in [0.5, 0.6) is 5.75 Å². The number of amides is 1. The number of carboxylic acid groups (broad SMARTS) is 1. The lowest BCUT2D eigenvalue weighted by Gasteiger charge is -2.20. The number of benzene rings is 1. The van der Waals surface area contributed by atoms with E-state index in [-0.39, 0.29) is 12.3 Å². The predicted molar refractivity (Wildman–Crippen MR) is 92.9 cm³/mol. The van der Waals surface area contributed by atoms with E-state index in [1.165, 1.54) is 0 Å². The second-order valence-electron chi connectivity index (χ2n) is 6.22. The molecule has 6 nitrogen and oxygen atoms in total. The summed E-state index contributed by atoms with van der Waals surface area (Å²) in [6.07, 6.45) is 2.25. The highest BCUT2D eigenvalue weighted by molar-refractivity contribution is 5.87. The summed E-state index contributed by atoms with van der Waals surface area (Å²) in [5, 5.41) is 11.8. The Hall–Kier alpha value is -2.08. The number of hydrogen-bond donors (Lipinski definition) is 3. The van der Waals surface area contributed by atoms with Crippen LogP contribution >= 0.6 is 0 Å². The zero-order valence-electron chi connectivity index (χ0n) is 14.6. The molecule has 0 spiro atoms. The molecule has 24 heavy (non-hydrogen) atoms. The molecule has 0 unspecified atom stereocenters. The van der Waals surface area contributed by atoms with Crippen LogP contribution in [0.3, 0.4) is 0 Å². The summed E-state index contributed by atoms with van der Waals surface area (Å²) < 4.78 is 5.57. The zero-order valence-corrected chi connectivity index (χ0v) is 14.6. The molecule has 134 valence electrons. The second kappa shape index (κ2) is 9.93. The Morgan fingerprint density at radius 3 is 2.38 bits per heavy atom. The van der Waals surface area contributed by atoms with Gasteiger partial charge in [-0.15, -0.1) is 0 Å². The molecular weight excluding hydrogens is 308 g/mol. The topological polar surface area (TPSA) is 102 Å². The van der Waals surface area contributed by atoms with E-state index in [2.05, 4.69) is 12.2 Å². The zero-order chi connectivity index (χ0) is 18.1. The first-order valence-electron chi connectivity index (χ1n) is 8.35. The highest BCUT2D eigenvalue weighted by atomic mass is 16.5. The Kier molecular flexibility index (Phi) is 8.26. The molecule has 0 aromatic heterocycles. The van der Waals surface area contributed by atoms with Crippen molar-refractivity contribution in [1.29, 1.82) is 0 Å². The monoisotopic (exact) mass is 336 g/mol. The molecule has 0 aliphatic rings. The molecule has 0 fully saturated rings. The Morgan fingerprint density at radius 1 is 1.25 bits per heavy atom. The van der Waals surface area contributed by atoms with Gasteiger partial charge in [-0.25, -0.2) is 4.79 Å². The molecule has 1 rings (SSSR count). The van der Waals surface area contributed by atoms with Crippen LogP contribution in [0.15, 0.2) is 24.3 Å². The van der Waals surface area contributed by atoms with Gasteiger partial charge in [0.2, 0.25) is 5.91 Å². The molecule has 1 aromatic carbocycles. The van der Waals surface area contributed by atoms with Gasteiger partial charge < -0.3 is 20.9 Å². The number of aliphatic carboxylic acids is 1. The molecule has 1 aromatic rings. The second-order valence-corrected chi connectivity index (χ2v) is 6.22. The van der Waals surface area contributed by atoms with E-state index >= 15 is 0 Å². The third kappa shape index (κ3) is 6.58. The molecule has 0 aliphatic heterocycles. The Morgan fingerprint density at radius 2 is 1.88 bits per heavy atom. The number of carboxylic acids is 1. The fraction of sp³-hybridized carbons (Fsp3) is 0.556. The maximum absolute atomic E-state index is 12.0. The number of nitrogens with two attached hydrogens (primary N) is 1. The van der Waals surface area contributed by atoms with Gasteiger partial charge in [0.15, 0.2) is 0 Å². The van der Waals surface area contributed by atoms with Gasteiger partial charge in [-0.3, -0.25) is 4.79 Å². The minimum Gasteiger partial charge on any atom is -0.494 e. The number of carbonyl (C=O) groups is 2. The average Bonchev–Trinajstić information content (AvgIpc) is 2.54. The van der Waals surface area contributed by atoms with Crippen molar-refractivity contribution in [2.24, 2.45) is 11.7 Å². The van der Waals surface area contributed by atoms with E-state index in [0.29, 0.717) is 6.61 Å². The van der Waals surface area contributed by atoms with Crippen molar-refractivity contribution in [3.8, 4) is 5.75 Å². The summed E-state index contributed by atoms with van der Waals surface area (Å²) in [6.45, 7) is 6.39. The van der Waals surface area contributed by atoms with E-state index < -0.39 is 24.0 Å². The smallest absolute Gasteiger partial charge is 0.326 e. The van der Waals surface area contributed by atoms with Gasteiger partial charge in [0, 0.05) is 6.42 Å². The van der Waals surface area contributed by atoms with Crippen LogP contribution in [0.1, 0.15) is 39.2 Å². The molecule has 1 amide bonds. The molecule has 0 bridgehead atoms. The van der Waals surface area contributed by atoms with Crippen LogP contribution < -0.4 is 15.8 Å². The summed E-state index contributed by atoms with van der Waals surface area (Å²) in [5.41, 5.74) is 6.57. The Labute approximate surface area is 143 Å². The van der Waals surface area contributed by atoms with Crippen molar-refractivity contribution in [2.45, 2.75) is 52.1 Å². The third-order valence-electron chi connectivity index (χ3n) is 3.77. The van der Waals surface area contributed by atoms with Gasteiger partial charge in [0.05, 0.1) is 12.6 Å². The van der Waals surface area contributed by atoms with Crippen molar-refractivity contribution in [2.75, 3.05) is 6.61 Å². The summed E-state index contributed by atoms with van der Waals surface area (Å²) in [5.74, 6) is -0.830.